The minimum absolute atomic E-state index is 1.43. The van der Waals surface area contributed by atoms with Crippen molar-refractivity contribution in [2.75, 3.05) is 0 Å². The van der Waals surface area contributed by atoms with Gasteiger partial charge in [0.1, 0.15) is 0 Å². The van der Waals surface area contributed by atoms with Gasteiger partial charge in [-0.1, -0.05) is 0 Å². The van der Waals surface area contributed by atoms with Crippen molar-refractivity contribution in [3.05, 3.63) is 0 Å². The van der Waals surface area contributed by atoms with Gasteiger partial charge in [0.15, 0.2) is 66.5 Å². The second-order valence-corrected chi connectivity index (χ2v) is 85.1. The lowest BCUT2D eigenvalue weighted by Crippen LogP contribution is -2.55. The predicted octanol–water partition coefficient (Wildman–Crippen LogP) is 15.0. The summed E-state index contributed by atoms with van der Waals surface area (Å²) in [5.74, 6) is 0. The summed E-state index contributed by atoms with van der Waals surface area (Å²) in [6.45, 7) is 78.8. The van der Waals surface area contributed by atoms with Crippen LogP contribution in [0, 0.1) is 0 Å². The number of hydrogen-bond acceptors (Lipinski definition) is 10. The quantitative estimate of drug-likeness (QED) is 0.110. The van der Waals surface area contributed by atoms with E-state index in [1.807, 2.05) is 0 Å². The molecule has 0 amide bonds. The highest BCUT2D eigenvalue weighted by atomic mass is 28.5. The number of rotatable bonds is 20. The Morgan fingerprint density at radius 1 is 0.117 bits per heavy atom. The van der Waals surface area contributed by atoms with Gasteiger partial charge in [-0.15, -0.1) is 0 Å². The Kier molecular flexibility index (Phi) is 28.0. The van der Waals surface area contributed by atoms with Crippen LogP contribution in [0.5, 0.6) is 0 Å². The second-order valence-electron chi connectivity index (χ2n) is 26.3. The van der Waals surface area contributed by atoms with Crippen molar-refractivity contribution < 1.29 is 41.2 Å². The molecular formula is C36H108O10Si14. The third-order valence-corrected chi connectivity index (χ3v) is 48.6. The molecule has 0 unspecified atom stereocenters. The molecule has 0 aliphatic carbocycles. The third-order valence-electron chi connectivity index (χ3n) is 5.40. The fraction of sp³-hybridized carbons (Fsp3) is 1.00. The Morgan fingerprint density at radius 2 is 0.183 bits per heavy atom. The lowest BCUT2D eigenvalue weighted by molar-refractivity contribution is 0.329. The Labute approximate surface area is 391 Å². The largest absolute Gasteiger partial charge is 0.437 e. The van der Waals surface area contributed by atoms with Crippen molar-refractivity contribution in [1.29, 1.82) is 0 Å². The van der Waals surface area contributed by atoms with Crippen LogP contribution < -0.4 is 0 Å². The molecule has 0 aromatic carbocycles. The molecule has 0 rings (SSSR count). The average molecular weight is 1090 g/mol. The highest BCUT2D eigenvalue weighted by molar-refractivity contribution is 6.91. The summed E-state index contributed by atoms with van der Waals surface area (Å²) in [6.07, 6.45) is 0. The smallest absolute Gasteiger partial charge is 0.312 e. The molecule has 368 valence electrons. The summed E-state index contributed by atoms with van der Waals surface area (Å²) < 4.78 is 61.7. The van der Waals surface area contributed by atoms with Crippen LogP contribution in [0.3, 0.4) is 0 Å². The van der Waals surface area contributed by atoms with Crippen molar-refractivity contribution >= 4 is 118 Å². The second kappa shape index (κ2) is 24.3. The van der Waals surface area contributed by atoms with Gasteiger partial charge in [-0.05, 0) is 236 Å². The van der Waals surface area contributed by atoms with Gasteiger partial charge < -0.3 is 41.2 Å². The zero-order chi connectivity index (χ0) is 50.1. The molecule has 0 heterocycles. The molecule has 0 atom stereocenters. The van der Waals surface area contributed by atoms with Gasteiger partial charge in [0.05, 0.1) is 0 Å². The predicted molar refractivity (Wildman–Crippen MR) is 303 cm³/mol. The Morgan fingerprint density at radius 3 is 0.250 bits per heavy atom. The van der Waals surface area contributed by atoms with Gasteiger partial charge in [0, 0.05) is 0 Å². The molecule has 0 fully saturated rings. The van der Waals surface area contributed by atoms with E-state index in [4.69, 9.17) is 41.2 Å². The maximum atomic E-state index is 6.28. The first-order valence-corrected chi connectivity index (χ1v) is 66.2. The molecule has 0 aliphatic heterocycles. The Balaban J connectivity index is -0.000000351. The maximum Gasteiger partial charge on any atom is 0.312 e. The van der Waals surface area contributed by atoms with E-state index in [1.54, 1.807) is 0 Å². The monoisotopic (exact) mass is 1090 g/mol. The lowest BCUT2D eigenvalue weighted by atomic mass is 11.8. The van der Waals surface area contributed by atoms with Crippen molar-refractivity contribution in [2.24, 2.45) is 0 Å². The van der Waals surface area contributed by atoms with E-state index in [0.29, 0.717) is 0 Å². The van der Waals surface area contributed by atoms with Crippen molar-refractivity contribution in [3.63, 3.8) is 0 Å². The van der Waals surface area contributed by atoms with Gasteiger partial charge >= 0.3 is 51.4 Å². The zero-order valence-electron chi connectivity index (χ0n) is 47.1. The van der Waals surface area contributed by atoms with E-state index in [1.165, 1.54) is 0 Å². The van der Waals surface area contributed by atoms with Crippen LogP contribution in [-0.4, -0.2) is 118 Å². The van der Waals surface area contributed by atoms with Crippen LogP contribution in [0.2, 0.25) is 236 Å². The van der Waals surface area contributed by atoms with Crippen LogP contribution in [0.4, 0.5) is 0 Å². The van der Waals surface area contributed by atoms with Crippen LogP contribution in [0.1, 0.15) is 0 Å². The van der Waals surface area contributed by atoms with E-state index in [2.05, 4.69) is 236 Å². The standard InChI is InChI=1S/2C10H30O3Si4.2C8H24O2Si3/c2*1-14(2,3)11-16(7,8)13-17(9,10)12-15(4,5)6;2*1-11(2,3)9-13(7,8)10-12(4,5)6/h2*1-10H3;2*1-8H3. The fourth-order valence-corrected chi connectivity index (χ4v) is 67.1. The van der Waals surface area contributed by atoms with Gasteiger partial charge in [-0.2, -0.15) is 0 Å². The van der Waals surface area contributed by atoms with Gasteiger partial charge in [-0.25, -0.2) is 0 Å². The SMILES string of the molecule is C[Si](C)(C)O[Si](C)(C)O[Si](C)(C)C.C[Si](C)(C)O[Si](C)(C)O[Si](C)(C)C.C[Si](C)(C)O[Si](C)(C)O[Si](C)(C)O[Si](C)(C)C.C[Si](C)(C)O[Si](C)(C)O[Si](C)(C)O[Si](C)(C)C. The molecule has 0 saturated carbocycles. The minimum atomic E-state index is -2.05. The molecule has 0 radical (unpaired) electrons. The Hall–Kier alpha value is 2.64. The third kappa shape index (κ3) is 55.0. The molecule has 0 aromatic rings. The highest BCUT2D eigenvalue weighted by Gasteiger charge is 2.43. The first-order valence-electron chi connectivity index (χ1n) is 22.1. The van der Waals surface area contributed by atoms with E-state index in [-0.39, 0.29) is 0 Å². The molecule has 0 bridgehead atoms. The van der Waals surface area contributed by atoms with E-state index in [0.717, 1.165) is 0 Å². The van der Waals surface area contributed by atoms with Crippen LogP contribution in [0.25, 0.3) is 0 Å². The van der Waals surface area contributed by atoms with E-state index >= 15 is 0 Å². The van der Waals surface area contributed by atoms with Crippen LogP contribution >= 0.6 is 0 Å². The molecule has 0 saturated heterocycles. The molecule has 24 heteroatoms. The first kappa shape index (κ1) is 69.2. The average Bonchev–Trinajstić information content (AvgIpc) is 2.63. The molecule has 0 aromatic heterocycles. The maximum absolute atomic E-state index is 6.28. The van der Waals surface area contributed by atoms with Crippen LogP contribution in [0.15, 0.2) is 0 Å². The fourth-order valence-electron chi connectivity index (χ4n) is 7.21. The molecule has 0 spiro atoms. The Bertz CT molecular complexity index is 1030. The molecular weight excluding hydrogens is 986 g/mol. The van der Waals surface area contributed by atoms with E-state index in [9.17, 15) is 0 Å². The summed E-state index contributed by atoms with van der Waals surface area (Å²) >= 11 is 0. The molecule has 10 nitrogen and oxygen atoms in total. The minimum Gasteiger partial charge on any atom is -0.437 e. The number of hydrogen-bond donors (Lipinski definition) is 0. The van der Waals surface area contributed by atoms with E-state index < -0.39 is 118 Å². The normalized spacial score (nSPS) is 15.0. The van der Waals surface area contributed by atoms with Gasteiger partial charge in [0.2, 0.25) is 0 Å². The zero-order valence-corrected chi connectivity index (χ0v) is 61.1. The van der Waals surface area contributed by atoms with Gasteiger partial charge in [0.25, 0.3) is 0 Å². The highest BCUT2D eigenvalue weighted by Crippen LogP contribution is 2.26. The summed E-state index contributed by atoms with van der Waals surface area (Å²) in [6, 6.07) is 0. The van der Waals surface area contributed by atoms with Gasteiger partial charge in [-0.3, -0.25) is 0 Å². The summed E-state index contributed by atoms with van der Waals surface area (Å²) in [4.78, 5) is 0. The topological polar surface area (TPSA) is 92.3 Å². The first-order chi connectivity index (χ1) is 25.1. The molecule has 0 aliphatic rings. The van der Waals surface area contributed by atoms with Crippen LogP contribution in [-0.2, 0) is 41.2 Å². The molecule has 0 N–H and O–H groups in total. The summed E-state index contributed by atoms with van der Waals surface area (Å²) in [5.41, 5.74) is 0. The van der Waals surface area contributed by atoms with Crippen molar-refractivity contribution in [3.8, 4) is 0 Å². The summed E-state index contributed by atoms with van der Waals surface area (Å²) in [5, 5.41) is 0. The van der Waals surface area contributed by atoms with Crippen molar-refractivity contribution in [2.45, 2.75) is 236 Å². The lowest BCUT2D eigenvalue weighted by Gasteiger charge is -2.39. The van der Waals surface area contributed by atoms with Crippen molar-refractivity contribution in [1.82, 2.24) is 0 Å². The summed E-state index contributed by atoms with van der Waals surface area (Å²) in [7, 11) is -23.8. The molecule has 60 heavy (non-hydrogen) atoms.